The normalized spacial score (nSPS) is 11.3. The fourth-order valence-electron chi connectivity index (χ4n) is 1.91. The molecule has 0 aliphatic rings. The highest BCUT2D eigenvalue weighted by Crippen LogP contribution is 2.29. The molecule has 0 aliphatic carbocycles. The van der Waals surface area contributed by atoms with E-state index in [0.29, 0.717) is 20.9 Å². The number of hydrogen-bond acceptors (Lipinski definition) is 9. The minimum atomic E-state index is -4.74. The van der Waals surface area contributed by atoms with Gasteiger partial charge < -0.3 is 14.6 Å². The summed E-state index contributed by atoms with van der Waals surface area (Å²) in [5.74, 6) is -0.246. The zero-order valence-electron chi connectivity index (χ0n) is 14.1. The van der Waals surface area contributed by atoms with E-state index in [4.69, 9.17) is 4.52 Å². The summed E-state index contributed by atoms with van der Waals surface area (Å²) >= 11 is 2.38. The number of thioether (sulfide) groups is 1. The molecule has 0 bridgehead atoms. The molecule has 3 aromatic rings. The molecule has 0 atom stereocenters. The minimum Gasteiger partial charge on any atom is -0.406 e. The van der Waals surface area contributed by atoms with Gasteiger partial charge in [0, 0.05) is 11.8 Å². The van der Waals surface area contributed by atoms with Crippen LogP contribution in [0.25, 0.3) is 0 Å². The van der Waals surface area contributed by atoms with Crippen molar-refractivity contribution in [2.45, 2.75) is 17.6 Å². The first-order valence-electron chi connectivity index (χ1n) is 7.59. The monoisotopic (exact) mass is 431 g/mol. The number of rotatable bonds is 7. The third-order valence-electron chi connectivity index (χ3n) is 2.96. The van der Waals surface area contributed by atoms with E-state index in [1.54, 1.807) is 13.0 Å². The molecule has 2 aromatic heterocycles. The predicted octanol–water partition coefficient (Wildman–Crippen LogP) is 4.21. The zero-order valence-corrected chi connectivity index (χ0v) is 15.7. The van der Waals surface area contributed by atoms with E-state index in [2.05, 4.69) is 30.7 Å². The average molecular weight is 431 g/mol. The van der Waals surface area contributed by atoms with Gasteiger partial charge in [0.2, 0.25) is 16.9 Å². The highest BCUT2D eigenvalue weighted by Gasteiger charge is 2.30. The highest BCUT2D eigenvalue weighted by atomic mass is 32.2. The van der Waals surface area contributed by atoms with Crippen LogP contribution in [0.1, 0.15) is 5.69 Å². The molecule has 0 spiro atoms. The van der Waals surface area contributed by atoms with E-state index in [1.165, 1.54) is 47.4 Å². The van der Waals surface area contributed by atoms with Crippen molar-refractivity contribution in [2.24, 2.45) is 0 Å². The Balaban J connectivity index is 1.49. The van der Waals surface area contributed by atoms with Crippen molar-refractivity contribution in [1.82, 2.24) is 15.4 Å². The molecule has 0 unspecified atom stereocenters. The molecule has 28 heavy (non-hydrogen) atoms. The van der Waals surface area contributed by atoms with Gasteiger partial charge in [0.05, 0.1) is 11.4 Å². The Morgan fingerprint density at radius 2 is 2.04 bits per heavy atom. The molecular formula is C15H12F3N5O3S2. The first-order chi connectivity index (χ1) is 13.3. The van der Waals surface area contributed by atoms with Crippen LogP contribution in [0, 0.1) is 6.92 Å². The Morgan fingerprint density at radius 1 is 1.29 bits per heavy atom. The van der Waals surface area contributed by atoms with Gasteiger partial charge in [0.15, 0.2) is 4.34 Å². The van der Waals surface area contributed by atoms with Crippen molar-refractivity contribution in [3.8, 4) is 5.75 Å². The third-order valence-corrected chi connectivity index (χ3v) is 4.93. The number of halogens is 3. The summed E-state index contributed by atoms with van der Waals surface area (Å²) in [4.78, 5) is 11.9. The van der Waals surface area contributed by atoms with E-state index >= 15 is 0 Å². The first-order valence-corrected chi connectivity index (χ1v) is 9.39. The van der Waals surface area contributed by atoms with Crippen LogP contribution in [0.15, 0.2) is 39.2 Å². The quantitative estimate of drug-likeness (QED) is 0.537. The second-order valence-electron chi connectivity index (χ2n) is 5.24. The molecule has 148 valence electrons. The van der Waals surface area contributed by atoms with Gasteiger partial charge in [0.1, 0.15) is 5.75 Å². The van der Waals surface area contributed by atoms with Gasteiger partial charge in [-0.15, -0.1) is 23.4 Å². The summed E-state index contributed by atoms with van der Waals surface area (Å²) in [6.45, 7) is 1.74. The van der Waals surface area contributed by atoms with Crippen LogP contribution in [-0.2, 0) is 4.79 Å². The Bertz CT molecular complexity index is 943. The van der Waals surface area contributed by atoms with E-state index in [-0.39, 0.29) is 23.3 Å². The molecule has 13 heteroatoms. The Kier molecular flexibility index (Phi) is 6.04. The summed E-state index contributed by atoms with van der Waals surface area (Å²) in [6.07, 6.45) is -4.74. The number of ether oxygens (including phenoxy) is 1. The number of aryl methyl sites for hydroxylation is 1. The molecule has 0 radical (unpaired) electrons. The summed E-state index contributed by atoms with van der Waals surface area (Å²) in [6, 6.07) is 6.80. The van der Waals surface area contributed by atoms with Gasteiger partial charge in [-0.05, 0) is 31.2 Å². The first kappa shape index (κ1) is 19.9. The molecule has 3 rings (SSSR count). The number of hydrogen-bond donors (Lipinski definition) is 2. The maximum atomic E-state index is 12.2. The van der Waals surface area contributed by atoms with Gasteiger partial charge in [-0.2, -0.15) is 0 Å². The average Bonchev–Trinajstić information content (AvgIpc) is 3.22. The van der Waals surface area contributed by atoms with Crippen LogP contribution in [0.5, 0.6) is 5.75 Å². The number of alkyl halides is 3. The Morgan fingerprint density at radius 3 is 2.68 bits per heavy atom. The van der Waals surface area contributed by atoms with Crippen molar-refractivity contribution >= 4 is 45.7 Å². The third kappa shape index (κ3) is 6.13. The summed E-state index contributed by atoms with van der Waals surface area (Å²) in [5, 5.41) is 17.4. The van der Waals surface area contributed by atoms with Crippen LogP contribution in [0.4, 0.5) is 29.9 Å². The summed E-state index contributed by atoms with van der Waals surface area (Å²) in [5.41, 5.74) is 1.17. The number of carbonyl (C=O) groups excluding carboxylic acids is 1. The molecule has 2 N–H and O–H groups in total. The lowest BCUT2D eigenvalue weighted by Crippen LogP contribution is -2.16. The van der Waals surface area contributed by atoms with Gasteiger partial charge in [0.25, 0.3) is 0 Å². The van der Waals surface area contributed by atoms with Crippen LogP contribution in [-0.4, -0.2) is 33.4 Å². The van der Waals surface area contributed by atoms with Crippen LogP contribution >= 0.6 is 23.1 Å². The predicted molar refractivity (Wildman–Crippen MR) is 96.9 cm³/mol. The fourth-order valence-corrected chi connectivity index (χ4v) is 3.48. The molecule has 0 saturated heterocycles. The number of nitrogens with one attached hydrogen (secondary N) is 2. The lowest BCUT2D eigenvalue weighted by Gasteiger charge is -2.09. The van der Waals surface area contributed by atoms with E-state index in [9.17, 15) is 18.0 Å². The van der Waals surface area contributed by atoms with Gasteiger partial charge in [-0.1, -0.05) is 28.3 Å². The second-order valence-corrected chi connectivity index (χ2v) is 7.44. The van der Waals surface area contributed by atoms with Crippen LogP contribution in [0.2, 0.25) is 0 Å². The molecular weight excluding hydrogens is 419 g/mol. The Hall–Kier alpha value is -2.80. The fraction of sp³-hybridized carbons (Fsp3) is 0.200. The smallest absolute Gasteiger partial charge is 0.406 e. The molecule has 8 nitrogen and oxygen atoms in total. The molecule has 2 heterocycles. The minimum absolute atomic E-state index is 0.0951. The molecule has 1 amide bonds. The number of carbonyl (C=O) groups is 1. The number of anilines is 3. The number of amides is 1. The topological polar surface area (TPSA) is 102 Å². The van der Waals surface area contributed by atoms with E-state index in [0.717, 1.165) is 0 Å². The van der Waals surface area contributed by atoms with Crippen molar-refractivity contribution in [1.29, 1.82) is 0 Å². The zero-order chi connectivity index (χ0) is 20.1. The van der Waals surface area contributed by atoms with Crippen LogP contribution in [0.3, 0.4) is 0 Å². The largest absolute Gasteiger partial charge is 0.573 e. The lowest BCUT2D eigenvalue weighted by molar-refractivity contribution is -0.274. The standard InChI is InChI=1S/C15H12F3N5O3S2/c1-8-6-12(26-23-8)20-11(24)7-27-14-22-21-13(28-14)19-9-2-4-10(5-3-9)25-15(16,17)18/h2-6H,7H2,1H3,(H,19,21)(H,20,24). The summed E-state index contributed by atoms with van der Waals surface area (Å²) in [7, 11) is 0. The van der Waals surface area contributed by atoms with Crippen molar-refractivity contribution in [3.63, 3.8) is 0 Å². The number of aromatic nitrogens is 3. The molecule has 0 aliphatic heterocycles. The van der Waals surface area contributed by atoms with Gasteiger partial charge in [-0.25, -0.2) is 0 Å². The van der Waals surface area contributed by atoms with Crippen molar-refractivity contribution < 1.29 is 27.2 Å². The second kappa shape index (κ2) is 8.48. The maximum absolute atomic E-state index is 12.2. The maximum Gasteiger partial charge on any atom is 0.573 e. The number of benzene rings is 1. The molecule has 0 saturated carbocycles. The SMILES string of the molecule is Cc1cc(NC(=O)CSc2nnc(Nc3ccc(OC(F)(F)F)cc3)s2)on1. The van der Waals surface area contributed by atoms with E-state index in [1.807, 2.05) is 0 Å². The molecule has 1 aromatic carbocycles. The van der Waals surface area contributed by atoms with Gasteiger partial charge >= 0.3 is 6.36 Å². The highest BCUT2D eigenvalue weighted by molar-refractivity contribution is 8.01. The van der Waals surface area contributed by atoms with Crippen molar-refractivity contribution in [2.75, 3.05) is 16.4 Å². The summed E-state index contributed by atoms with van der Waals surface area (Å²) < 4.78 is 45.7. The number of nitrogens with zero attached hydrogens (tertiary/aromatic N) is 3. The molecule has 0 fully saturated rings. The lowest BCUT2D eigenvalue weighted by atomic mass is 10.3. The van der Waals surface area contributed by atoms with E-state index < -0.39 is 6.36 Å². The Labute approximate surface area is 164 Å². The van der Waals surface area contributed by atoms with Gasteiger partial charge in [-0.3, -0.25) is 10.1 Å². The van der Waals surface area contributed by atoms with Crippen molar-refractivity contribution in [3.05, 3.63) is 36.0 Å². The van der Waals surface area contributed by atoms with Crippen LogP contribution < -0.4 is 15.4 Å².